The van der Waals surface area contributed by atoms with Gasteiger partial charge < -0.3 is 25.0 Å². The van der Waals surface area contributed by atoms with Gasteiger partial charge in [0.05, 0.1) is 18.8 Å². The summed E-state index contributed by atoms with van der Waals surface area (Å²) < 4.78 is 10.5. The summed E-state index contributed by atoms with van der Waals surface area (Å²) in [6.07, 6.45) is 6.94. The van der Waals surface area contributed by atoms with Gasteiger partial charge in [0.25, 0.3) is 5.91 Å². The number of benzene rings is 2. The van der Waals surface area contributed by atoms with Gasteiger partial charge in [0, 0.05) is 42.9 Å². The molecule has 260 valence electrons. The highest BCUT2D eigenvalue weighted by Gasteiger charge is 2.46. The molecular weight excluding hydrogens is 620 g/mol. The van der Waals surface area contributed by atoms with Crippen LogP contribution in [0.15, 0.2) is 54.6 Å². The van der Waals surface area contributed by atoms with Crippen molar-refractivity contribution >= 4 is 29.4 Å². The molecule has 3 aromatic rings. The first-order valence-corrected chi connectivity index (χ1v) is 17.5. The van der Waals surface area contributed by atoms with Crippen LogP contribution in [0.1, 0.15) is 93.5 Å². The molecular formula is C38H48N6O5. The van der Waals surface area contributed by atoms with E-state index in [2.05, 4.69) is 20.9 Å². The zero-order valence-corrected chi connectivity index (χ0v) is 29.0. The number of carbonyl (C=O) groups excluding carboxylic acids is 3. The molecule has 0 unspecified atom stereocenters. The van der Waals surface area contributed by atoms with Crippen molar-refractivity contribution < 1.29 is 23.9 Å². The molecule has 11 nitrogen and oxygen atoms in total. The van der Waals surface area contributed by atoms with Gasteiger partial charge >= 0.3 is 6.09 Å². The van der Waals surface area contributed by atoms with Gasteiger partial charge in [-0.05, 0) is 94.2 Å². The molecule has 11 heteroatoms. The SMILES string of the molecule is COCCNC(=O)[C@@H]1C[C@@H]2CCCC[C@@H]2N1c1cc(CNC(=O)c2ccc(-c3ccc(NC(=O)OC(C)(C)C)cc3)cc2)nc(C2CC2)n1. The Morgan fingerprint density at radius 2 is 1.59 bits per heavy atom. The third kappa shape index (κ3) is 8.75. The summed E-state index contributed by atoms with van der Waals surface area (Å²) in [4.78, 5) is 50.9. The Balaban J connectivity index is 1.12. The van der Waals surface area contributed by atoms with Gasteiger partial charge in [0.15, 0.2) is 0 Å². The first-order chi connectivity index (χ1) is 23.6. The third-order valence-corrected chi connectivity index (χ3v) is 9.43. The number of nitrogens with one attached hydrogen (secondary N) is 3. The number of anilines is 2. The van der Waals surface area contributed by atoms with Crippen molar-refractivity contribution in [2.45, 2.75) is 95.9 Å². The van der Waals surface area contributed by atoms with E-state index in [0.29, 0.717) is 36.2 Å². The maximum Gasteiger partial charge on any atom is 0.412 e. The van der Waals surface area contributed by atoms with Crippen molar-refractivity contribution in [3.8, 4) is 11.1 Å². The Labute approximate surface area is 288 Å². The van der Waals surface area contributed by atoms with Crippen LogP contribution < -0.4 is 20.9 Å². The smallest absolute Gasteiger partial charge is 0.412 e. The minimum Gasteiger partial charge on any atom is -0.444 e. The van der Waals surface area contributed by atoms with Crippen LogP contribution in [0.5, 0.6) is 0 Å². The molecule has 6 rings (SSSR count). The minimum atomic E-state index is -0.575. The van der Waals surface area contributed by atoms with Gasteiger partial charge in [-0.1, -0.05) is 37.1 Å². The first-order valence-electron chi connectivity index (χ1n) is 17.5. The average Bonchev–Trinajstić information content (AvgIpc) is 3.86. The fraction of sp³-hybridized carbons (Fsp3) is 0.500. The van der Waals surface area contributed by atoms with Crippen molar-refractivity contribution in [2.75, 3.05) is 30.5 Å². The van der Waals surface area contributed by atoms with Crippen LogP contribution in [0.2, 0.25) is 0 Å². The lowest BCUT2D eigenvalue weighted by atomic mass is 9.84. The molecule has 2 saturated carbocycles. The molecule has 3 N–H and O–H groups in total. The van der Waals surface area contributed by atoms with Crippen molar-refractivity contribution in [1.29, 1.82) is 0 Å². The monoisotopic (exact) mass is 668 g/mol. The highest BCUT2D eigenvalue weighted by atomic mass is 16.6. The van der Waals surface area contributed by atoms with Crippen molar-refractivity contribution in [3.05, 3.63) is 71.7 Å². The van der Waals surface area contributed by atoms with Crippen LogP contribution in [0.25, 0.3) is 11.1 Å². The maximum absolute atomic E-state index is 13.4. The molecule has 0 bridgehead atoms. The van der Waals surface area contributed by atoms with Crippen molar-refractivity contribution in [2.24, 2.45) is 5.92 Å². The van der Waals surface area contributed by atoms with E-state index in [1.54, 1.807) is 19.2 Å². The summed E-state index contributed by atoms with van der Waals surface area (Å²) in [5, 5.41) is 8.86. The summed E-state index contributed by atoms with van der Waals surface area (Å²) in [5.41, 5.74) is 3.25. The number of hydrogen-bond acceptors (Lipinski definition) is 8. The Kier molecular flexibility index (Phi) is 10.5. The van der Waals surface area contributed by atoms with E-state index in [1.165, 1.54) is 6.42 Å². The van der Waals surface area contributed by atoms with E-state index in [1.807, 2.05) is 63.2 Å². The predicted octanol–water partition coefficient (Wildman–Crippen LogP) is 6.20. The molecule has 0 radical (unpaired) electrons. The molecule has 0 spiro atoms. The summed E-state index contributed by atoms with van der Waals surface area (Å²) in [5.74, 6) is 2.20. The normalized spacial score (nSPS) is 20.3. The maximum atomic E-state index is 13.4. The van der Waals surface area contributed by atoms with Gasteiger partial charge in [-0.15, -0.1) is 0 Å². The number of hydrogen-bond donors (Lipinski definition) is 3. The first kappa shape index (κ1) is 34.4. The van der Waals surface area contributed by atoms with Crippen LogP contribution in [0.4, 0.5) is 16.3 Å². The molecule has 3 atom stereocenters. The number of fused-ring (bicyclic) bond motifs is 1. The van der Waals surface area contributed by atoms with E-state index in [-0.39, 0.29) is 30.4 Å². The van der Waals surface area contributed by atoms with Crippen LogP contribution in [0.3, 0.4) is 0 Å². The van der Waals surface area contributed by atoms with Crippen molar-refractivity contribution in [1.82, 2.24) is 20.6 Å². The third-order valence-electron chi connectivity index (χ3n) is 9.43. The number of carbonyl (C=O) groups is 3. The molecule has 3 fully saturated rings. The Bertz CT molecular complexity index is 1630. The Morgan fingerprint density at radius 3 is 2.27 bits per heavy atom. The van der Waals surface area contributed by atoms with E-state index in [9.17, 15) is 14.4 Å². The fourth-order valence-corrected chi connectivity index (χ4v) is 6.92. The van der Waals surface area contributed by atoms with Gasteiger partial charge in [-0.3, -0.25) is 14.9 Å². The van der Waals surface area contributed by atoms with Crippen LogP contribution in [-0.4, -0.2) is 65.8 Å². The average molecular weight is 669 g/mol. The molecule has 49 heavy (non-hydrogen) atoms. The molecule has 1 saturated heterocycles. The van der Waals surface area contributed by atoms with Crippen molar-refractivity contribution in [3.63, 3.8) is 0 Å². The zero-order valence-electron chi connectivity index (χ0n) is 29.0. The van der Waals surface area contributed by atoms with Crippen LogP contribution >= 0.6 is 0 Å². The number of ether oxygens (including phenoxy) is 2. The highest BCUT2D eigenvalue weighted by molar-refractivity contribution is 5.94. The Morgan fingerprint density at radius 1 is 0.898 bits per heavy atom. The Hall–Kier alpha value is -4.51. The predicted molar refractivity (Wildman–Crippen MR) is 188 cm³/mol. The quantitative estimate of drug-likeness (QED) is 0.206. The molecule has 3 amide bonds. The molecule has 2 aliphatic carbocycles. The standard InChI is InChI=1S/C38H48N6O5/c1-38(2,3)49-37(47)42-29-17-15-25(16-18-29)24-9-13-27(14-10-24)35(45)40-23-30-22-33(43-34(41-30)26-11-12-26)44-31-8-6-5-7-28(31)21-32(44)36(46)39-19-20-48-4/h9-10,13-18,22,26,28,31-32H,5-8,11-12,19-21,23H2,1-4H3,(H,39,46)(H,40,45)(H,42,47)/t28-,31-,32-/m0/s1. The largest absolute Gasteiger partial charge is 0.444 e. The molecule has 1 aliphatic heterocycles. The second-order valence-electron chi connectivity index (χ2n) is 14.4. The molecule has 2 aromatic carbocycles. The number of nitrogens with zero attached hydrogens (tertiary/aromatic N) is 3. The van der Waals surface area contributed by atoms with E-state index < -0.39 is 11.7 Å². The van der Waals surface area contributed by atoms with E-state index in [0.717, 1.165) is 67.0 Å². The highest BCUT2D eigenvalue weighted by Crippen LogP contribution is 2.44. The number of methoxy groups -OCH3 is 1. The number of amides is 3. The second kappa shape index (κ2) is 14.9. The zero-order chi connectivity index (χ0) is 34.5. The van der Waals surface area contributed by atoms with Crippen LogP contribution in [-0.2, 0) is 20.8 Å². The summed E-state index contributed by atoms with van der Waals surface area (Å²) >= 11 is 0. The number of rotatable bonds is 11. The van der Waals surface area contributed by atoms with E-state index in [4.69, 9.17) is 19.4 Å². The second-order valence-corrected chi connectivity index (χ2v) is 14.4. The number of aromatic nitrogens is 2. The van der Waals surface area contributed by atoms with Crippen LogP contribution in [0, 0.1) is 5.92 Å². The van der Waals surface area contributed by atoms with Gasteiger partial charge in [-0.25, -0.2) is 14.8 Å². The molecule has 3 aliphatic rings. The molecule has 2 heterocycles. The van der Waals surface area contributed by atoms with Gasteiger partial charge in [0.1, 0.15) is 23.3 Å². The minimum absolute atomic E-state index is 0.0183. The fourth-order valence-electron chi connectivity index (χ4n) is 6.92. The summed E-state index contributed by atoms with van der Waals surface area (Å²) in [6.45, 7) is 6.67. The molecule has 1 aromatic heterocycles. The van der Waals surface area contributed by atoms with Gasteiger partial charge in [0.2, 0.25) is 5.91 Å². The van der Waals surface area contributed by atoms with Gasteiger partial charge in [-0.2, -0.15) is 0 Å². The lowest BCUT2D eigenvalue weighted by molar-refractivity contribution is -0.122. The summed E-state index contributed by atoms with van der Waals surface area (Å²) in [7, 11) is 1.63. The topological polar surface area (TPSA) is 135 Å². The lowest BCUT2D eigenvalue weighted by Gasteiger charge is -2.34. The lowest BCUT2D eigenvalue weighted by Crippen LogP contribution is -2.48. The van der Waals surface area contributed by atoms with E-state index >= 15 is 0 Å². The summed E-state index contributed by atoms with van der Waals surface area (Å²) in [6, 6.07) is 16.8.